The molecule has 0 spiro atoms. The van der Waals surface area contributed by atoms with Crippen molar-refractivity contribution in [3.05, 3.63) is 46.2 Å². The largest absolute Gasteiger partial charge is 0.319 e. The van der Waals surface area contributed by atoms with Crippen LogP contribution in [0.1, 0.15) is 15.9 Å². The van der Waals surface area contributed by atoms with Crippen LogP contribution >= 0.6 is 15.9 Å². The lowest BCUT2D eigenvalue weighted by molar-refractivity contribution is 0.102. The summed E-state index contributed by atoms with van der Waals surface area (Å²) in [5.74, 6) is -0.139. The molecule has 0 unspecified atom stereocenters. The van der Waals surface area contributed by atoms with Crippen LogP contribution in [0.15, 0.2) is 35.1 Å². The number of aromatic nitrogens is 2. The van der Waals surface area contributed by atoms with E-state index < -0.39 is 0 Å². The summed E-state index contributed by atoms with van der Waals surface area (Å²) in [4.78, 5) is 11.9. The van der Waals surface area contributed by atoms with Crippen LogP contribution in [0.4, 0.5) is 5.69 Å². The van der Waals surface area contributed by atoms with E-state index in [1.54, 1.807) is 18.5 Å². The maximum Gasteiger partial charge on any atom is 0.256 e. The van der Waals surface area contributed by atoms with Crippen LogP contribution in [0.5, 0.6) is 0 Å². The van der Waals surface area contributed by atoms with Crippen LogP contribution in [0.2, 0.25) is 0 Å². The molecule has 5 heteroatoms. The molecule has 0 aliphatic rings. The maximum atomic E-state index is 11.9. The van der Waals surface area contributed by atoms with Gasteiger partial charge in [0.25, 0.3) is 5.91 Å². The highest BCUT2D eigenvalue weighted by molar-refractivity contribution is 9.10. The third kappa shape index (κ3) is 2.14. The van der Waals surface area contributed by atoms with Crippen molar-refractivity contribution in [2.24, 2.45) is 0 Å². The number of rotatable bonds is 2. The Kier molecular flexibility index (Phi) is 3.05. The van der Waals surface area contributed by atoms with Crippen molar-refractivity contribution in [2.75, 3.05) is 5.32 Å². The van der Waals surface area contributed by atoms with Gasteiger partial charge in [0.2, 0.25) is 0 Å². The zero-order chi connectivity index (χ0) is 11.5. The molecule has 0 saturated heterocycles. The minimum Gasteiger partial charge on any atom is -0.319 e. The minimum atomic E-state index is -0.139. The van der Waals surface area contributed by atoms with Gasteiger partial charge < -0.3 is 5.32 Å². The molecule has 0 radical (unpaired) electrons. The Hall–Kier alpha value is -1.62. The van der Waals surface area contributed by atoms with Gasteiger partial charge in [-0.05, 0) is 24.6 Å². The highest BCUT2D eigenvalue weighted by Gasteiger charge is 2.10. The second kappa shape index (κ2) is 4.49. The number of amides is 1. The Bertz CT molecular complexity index is 508. The highest BCUT2D eigenvalue weighted by Crippen LogP contribution is 2.20. The molecule has 0 aliphatic carbocycles. The molecule has 1 amide bonds. The first-order chi connectivity index (χ1) is 7.68. The number of carbonyl (C=O) groups excluding carboxylic acids is 1. The summed E-state index contributed by atoms with van der Waals surface area (Å²) in [5.41, 5.74) is 2.23. The van der Waals surface area contributed by atoms with Crippen molar-refractivity contribution < 1.29 is 4.79 Å². The van der Waals surface area contributed by atoms with Crippen molar-refractivity contribution in [1.82, 2.24) is 10.2 Å². The Balaban J connectivity index is 2.24. The lowest BCUT2D eigenvalue weighted by atomic mass is 10.1. The summed E-state index contributed by atoms with van der Waals surface area (Å²) < 4.78 is 0.923. The van der Waals surface area contributed by atoms with Crippen LogP contribution in [0.25, 0.3) is 0 Å². The van der Waals surface area contributed by atoms with Crippen molar-refractivity contribution in [3.8, 4) is 0 Å². The fraction of sp³-hybridized carbons (Fsp3) is 0.0909. The van der Waals surface area contributed by atoms with Crippen LogP contribution in [0.3, 0.4) is 0 Å². The average molecular weight is 280 g/mol. The van der Waals surface area contributed by atoms with E-state index in [-0.39, 0.29) is 5.91 Å². The van der Waals surface area contributed by atoms with Crippen LogP contribution < -0.4 is 5.32 Å². The zero-order valence-corrected chi connectivity index (χ0v) is 10.2. The van der Waals surface area contributed by atoms with Gasteiger partial charge in [-0.3, -0.25) is 9.89 Å². The predicted molar refractivity (Wildman–Crippen MR) is 65.4 cm³/mol. The Morgan fingerprint density at radius 1 is 1.50 bits per heavy atom. The van der Waals surface area contributed by atoms with Gasteiger partial charge in [0.15, 0.2) is 0 Å². The first-order valence-electron chi connectivity index (χ1n) is 4.73. The molecule has 0 atom stereocenters. The van der Waals surface area contributed by atoms with Gasteiger partial charge >= 0.3 is 0 Å². The van der Waals surface area contributed by atoms with E-state index in [0.717, 1.165) is 10.0 Å². The number of hydrogen-bond acceptors (Lipinski definition) is 2. The first-order valence-corrected chi connectivity index (χ1v) is 5.53. The summed E-state index contributed by atoms with van der Waals surface area (Å²) in [5, 5.41) is 9.15. The number of hydrogen-bond donors (Lipinski definition) is 2. The molecule has 1 aromatic carbocycles. The van der Waals surface area contributed by atoms with E-state index in [0.29, 0.717) is 11.3 Å². The van der Waals surface area contributed by atoms with Gasteiger partial charge in [0.1, 0.15) is 0 Å². The summed E-state index contributed by atoms with van der Waals surface area (Å²) in [6.07, 6.45) is 3.19. The quantitative estimate of drug-likeness (QED) is 0.888. The predicted octanol–water partition coefficient (Wildman–Crippen LogP) is 2.73. The van der Waals surface area contributed by atoms with Gasteiger partial charge in [-0.1, -0.05) is 22.0 Å². The number of aromatic amines is 1. The van der Waals surface area contributed by atoms with Crippen LogP contribution in [-0.2, 0) is 0 Å². The van der Waals surface area contributed by atoms with E-state index in [2.05, 4.69) is 31.4 Å². The average Bonchev–Trinajstić information content (AvgIpc) is 2.74. The van der Waals surface area contributed by atoms with Crippen molar-refractivity contribution in [1.29, 1.82) is 0 Å². The third-order valence-corrected chi connectivity index (χ3v) is 3.13. The molecule has 16 heavy (non-hydrogen) atoms. The molecular weight excluding hydrogens is 270 g/mol. The standard InChI is InChI=1S/C11H10BrN3O/c1-7-9(3-2-4-10(7)12)11(16)15-8-5-13-14-6-8/h2-6H,1H3,(H,13,14)(H,15,16). The van der Waals surface area contributed by atoms with Crippen molar-refractivity contribution >= 4 is 27.5 Å². The number of halogens is 1. The van der Waals surface area contributed by atoms with E-state index in [9.17, 15) is 4.79 Å². The van der Waals surface area contributed by atoms with Gasteiger partial charge in [-0.15, -0.1) is 0 Å². The molecule has 2 rings (SSSR count). The van der Waals surface area contributed by atoms with Crippen molar-refractivity contribution in [3.63, 3.8) is 0 Å². The normalized spacial score (nSPS) is 10.1. The number of benzene rings is 1. The number of carbonyl (C=O) groups is 1. The molecular formula is C11H10BrN3O. The number of anilines is 1. The third-order valence-electron chi connectivity index (χ3n) is 2.27. The van der Waals surface area contributed by atoms with Gasteiger partial charge in [0.05, 0.1) is 11.9 Å². The molecule has 1 aromatic heterocycles. The number of nitrogens with zero attached hydrogens (tertiary/aromatic N) is 1. The molecule has 2 aromatic rings. The van der Waals surface area contributed by atoms with Crippen molar-refractivity contribution in [2.45, 2.75) is 6.92 Å². The fourth-order valence-corrected chi connectivity index (χ4v) is 1.74. The number of nitrogens with one attached hydrogen (secondary N) is 2. The number of H-pyrrole nitrogens is 1. The summed E-state index contributed by atoms with van der Waals surface area (Å²) in [6, 6.07) is 5.53. The summed E-state index contributed by atoms with van der Waals surface area (Å²) in [7, 11) is 0. The lowest BCUT2D eigenvalue weighted by Crippen LogP contribution is -2.13. The molecule has 1 heterocycles. The van der Waals surface area contributed by atoms with E-state index in [1.807, 2.05) is 19.1 Å². The molecule has 0 fully saturated rings. The molecule has 2 N–H and O–H groups in total. The SMILES string of the molecule is Cc1c(Br)cccc1C(=O)Nc1cn[nH]c1. The van der Waals surface area contributed by atoms with E-state index in [1.165, 1.54) is 0 Å². The first kappa shape index (κ1) is 10.9. The molecule has 4 nitrogen and oxygen atoms in total. The molecule has 0 bridgehead atoms. The van der Waals surface area contributed by atoms with Gasteiger partial charge in [-0.2, -0.15) is 5.10 Å². The highest BCUT2D eigenvalue weighted by atomic mass is 79.9. The fourth-order valence-electron chi connectivity index (χ4n) is 1.37. The van der Waals surface area contributed by atoms with Crippen LogP contribution in [0, 0.1) is 6.92 Å². The molecule has 0 aliphatic heterocycles. The van der Waals surface area contributed by atoms with Gasteiger partial charge in [-0.25, -0.2) is 0 Å². The minimum absolute atomic E-state index is 0.139. The van der Waals surface area contributed by atoms with Crippen LogP contribution in [-0.4, -0.2) is 16.1 Å². The summed E-state index contributed by atoms with van der Waals surface area (Å²) >= 11 is 3.39. The van der Waals surface area contributed by atoms with E-state index >= 15 is 0 Å². The Morgan fingerprint density at radius 3 is 3.00 bits per heavy atom. The smallest absolute Gasteiger partial charge is 0.256 e. The van der Waals surface area contributed by atoms with E-state index in [4.69, 9.17) is 0 Å². The molecule has 82 valence electrons. The Labute approximate surface area is 101 Å². The zero-order valence-electron chi connectivity index (χ0n) is 8.62. The lowest BCUT2D eigenvalue weighted by Gasteiger charge is -2.06. The molecule has 0 saturated carbocycles. The second-order valence-electron chi connectivity index (χ2n) is 3.35. The maximum absolute atomic E-state index is 11.9. The summed E-state index contributed by atoms with van der Waals surface area (Å²) in [6.45, 7) is 1.90. The second-order valence-corrected chi connectivity index (χ2v) is 4.21. The Morgan fingerprint density at radius 2 is 2.31 bits per heavy atom. The monoisotopic (exact) mass is 279 g/mol. The topological polar surface area (TPSA) is 57.8 Å². The van der Waals surface area contributed by atoms with Gasteiger partial charge in [0, 0.05) is 16.2 Å².